The lowest BCUT2D eigenvalue weighted by Gasteiger charge is -2.31. The van der Waals surface area contributed by atoms with Crippen LogP contribution in [0.5, 0.6) is 5.75 Å². The van der Waals surface area contributed by atoms with Gasteiger partial charge in [-0.3, -0.25) is 4.79 Å². The van der Waals surface area contributed by atoms with Crippen molar-refractivity contribution in [1.29, 1.82) is 0 Å². The van der Waals surface area contributed by atoms with Crippen LogP contribution in [0.1, 0.15) is 57.4 Å². The fraction of sp³-hybridized carbons (Fsp3) is 0.542. The highest BCUT2D eigenvalue weighted by atomic mass is 16.7. The average molecular weight is 398 g/mol. The summed E-state index contributed by atoms with van der Waals surface area (Å²) >= 11 is 0. The number of carbonyl (C=O) groups is 1. The molecule has 0 radical (unpaired) electrons. The molecule has 1 fully saturated rings. The SMILES string of the molecule is COc1ccc(C(C#CCOC2CCCCO2)C2=C(O)CC(C)(C)CC2=O)cc1. The van der Waals surface area contributed by atoms with Crippen molar-refractivity contribution in [3.05, 3.63) is 41.2 Å². The molecule has 5 heteroatoms. The standard InChI is InChI=1S/C24H30O5/c1-24(2)15-20(25)23(21(26)16-24)19(17-9-11-18(27-3)12-10-17)7-6-14-29-22-8-4-5-13-28-22/h9-12,19,22,25H,4-5,8,13-16H2,1-3H3. The van der Waals surface area contributed by atoms with E-state index in [1.54, 1.807) is 7.11 Å². The van der Waals surface area contributed by atoms with Crippen molar-refractivity contribution >= 4 is 5.78 Å². The Morgan fingerprint density at radius 3 is 2.62 bits per heavy atom. The number of allylic oxidation sites excluding steroid dienone is 2. The highest BCUT2D eigenvalue weighted by Gasteiger charge is 2.36. The summed E-state index contributed by atoms with van der Waals surface area (Å²) in [5.41, 5.74) is 1.00. The number of methoxy groups -OCH3 is 1. The highest BCUT2D eigenvalue weighted by molar-refractivity contribution is 5.99. The number of aliphatic hydroxyl groups excluding tert-OH is 1. The normalized spacial score (nSPS) is 22.6. The Balaban J connectivity index is 1.84. The zero-order valence-corrected chi connectivity index (χ0v) is 17.5. The van der Waals surface area contributed by atoms with Crippen LogP contribution >= 0.6 is 0 Å². The van der Waals surface area contributed by atoms with Crippen molar-refractivity contribution in [3.8, 4) is 17.6 Å². The number of carbonyl (C=O) groups excluding carboxylic acids is 1. The van der Waals surface area contributed by atoms with E-state index in [0.717, 1.165) is 37.2 Å². The van der Waals surface area contributed by atoms with Crippen LogP contribution in [0.2, 0.25) is 0 Å². The maximum atomic E-state index is 12.9. The number of ether oxygens (including phenoxy) is 3. The van der Waals surface area contributed by atoms with Crippen molar-refractivity contribution in [1.82, 2.24) is 0 Å². The Bertz CT molecular complexity index is 804. The van der Waals surface area contributed by atoms with E-state index in [1.807, 2.05) is 38.1 Å². The van der Waals surface area contributed by atoms with Gasteiger partial charge in [-0.05, 0) is 42.4 Å². The van der Waals surface area contributed by atoms with Gasteiger partial charge in [-0.15, -0.1) is 0 Å². The van der Waals surface area contributed by atoms with Gasteiger partial charge in [0.15, 0.2) is 12.1 Å². The van der Waals surface area contributed by atoms with E-state index in [0.29, 0.717) is 18.4 Å². The predicted molar refractivity (Wildman–Crippen MR) is 111 cm³/mol. The maximum absolute atomic E-state index is 12.9. The first kappa shape index (κ1) is 21.4. The molecule has 0 saturated carbocycles. The van der Waals surface area contributed by atoms with Crippen LogP contribution in [0.15, 0.2) is 35.6 Å². The zero-order valence-electron chi connectivity index (χ0n) is 17.5. The minimum atomic E-state index is -0.500. The van der Waals surface area contributed by atoms with Crippen LogP contribution in [0.3, 0.4) is 0 Å². The molecule has 2 atom stereocenters. The molecule has 1 aromatic rings. The second kappa shape index (κ2) is 9.47. The number of aliphatic hydroxyl groups is 1. The second-order valence-corrected chi connectivity index (χ2v) is 8.44. The van der Waals surface area contributed by atoms with Crippen LogP contribution in [0.25, 0.3) is 0 Å². The van der Waals surface area contributed by atoms with Gasteiger partial charge in [0, 0.05) is 19.4 Å². The molecule has 29 heavy (non-hydrogen) atoms. The van der Waals surface area contributed by atoms with Gasteiger partial charge < -0.3 is 19.3 Å². The zero-order chi connectivity index (χ0) is 20.9. The first-order valence-electron chi connectivity index (χ1n) is 10.2. The van der Waals surface area contributed by atoms with Crippen molar-refractivity contribution in [2.45, 2.75) is 58.2 Å². The Hall–Kier alpha value is -2.29. The summed E-state index contributed by atoms with van der Waals surface area (Å²) in [6, 6.07) is 7.45. The number of hydrogen-bond acceptors (Lipinski definition) is 5. The predicted octanol–water partition coefficient (Wildman–Crippen LogP) is 4.53. The van der Waals surface area contributed by atoms with E-state index in [9.17, 15) is 9.90 Å². The molecular formula is C24H30O5. The maximum Gasteiger partial charge on any atom is 0.164 e. The Morgan fingerprint density at radius 1 is 1.24 bits per heavy atom. The van der Waals surface area contributed by atoms with E-state index in [-0.39, 0.29) is 29.9 Å². The monoisotopic (exact) mass is 398 g/mol. The minimum absolute atomic E-state index is 0.0506. The van der Waals surface area contributed by atoms with Gasteiger partial charge in [0.1, 0.15) is 18.1 Å². The Kier molecular flexibility index (Phi) is 7.00. The molecule has 2 unspecified atom stereocenters. The number of hydrogen-bond donors (Lipinski definition) is 1. The molecule has 2 aliphatic rings. The van der Waals surface area contributed by atoms with E-state index in [4.69, 9.17) is 14.2 Å². The summed E-state index contributed by atoms with van der Waals surface area (Å²) < 4.78 is 16.5. The van der Waals surface area contributed by atoms with Gasteiger partial charge in [0.25, 0.3) is 0 Å². The smallest absolute Gasteiger partial charge is 0.164 e. The molecule has 3 rings (SSSR count). The summed E-state index contributed by atoms with van der Waals surface area (Å²) in [6.07, 6.45) is 3.70. The van der Waals surface area contributed by atoms with Crippen molar-refractivity contribution in [3.63, 3.8) is 0 Å². The largest absolute Gasteiger partial charge is 0.512 e. The number of rotatable bonds is 5. The van der Waals surface area contributed by atoms with E-state index < -0.39 is 5.92 Å². The molecule has 1 heterocycles. The summed E-state index contributed by atoms with van der Waals surface area (Å²) in [4.78, 5) is 12.9. The Morgan fingerprint density at radius 2 is 2.00 bits per heavy atom. The van der Waals surface area contributed by atoms with Crippen molar-refractivity contribution in [2.24, 2.45) is 5.41 Å². The van der Waals surface area contributed by atoms with E-state index >= 15 is 0 Å². The van der Waals surface area contributed by atoms with Crippen molar-refractivity contribution < 1.29 is 24.1 Å². The molecule has 1 saturated heterocycles. The lowest BCUT2D eigenvalue weighted by molar-refractivity contribution is -0.154. The fourth-order valence-corrected chi connectivity index (χ4v) is 3.87. The lowest BCUT2D eigenvalue weighted by Crippen LogP contribution is -2.28. The number of benzene rings is 1. The summed E-state index contributed by atoms with van der Waals surface area (Å²) in [5.74, 6) is 6.51. The molecule has 0 bridgehead atoms. The fourth-order valence-electron chi connectivity index (χ4n) is 3.87. The average Bonchev–Trinajstić information content (AvgIpc) is 2.69. The molecule has 0 aromatic heterocycles. The van der Waals surface area contributed by atoms with Gasteiger partial charge in [0.05, 0.1) is 18.6 Å². The third kappa shape index (κ3) is 5.62. The summed E-state index contributed by atoms with van der Waals surface area (Å²) in [5, 5.41) is 10.7. The first-order chi connectivity index (χ1) is 13.9. The quantitative estimate of drug-likeness (QED) is 0.739. The molecule has 1 N–H and O–H groups in total. The van der Waals surface area contributed by atoms with Crippen molar-refractivity contribution in [2.75, 3.05) is 20.3 Å². The van der Waals surface area contributed by atoms with Gasteiger partial charge in [-0.25, -0.2) is 0 Å². The van der Waals surface area contributed by atoms with E-state index in [1.165, 1.54) is 0 Å². The summed E-state index contributed by atoms with van der Waals surface area (Å²) in [6.45, 7) is 4.93. The number of ketones is 1. The van der Waals surface area contributed by atoms with Crippen LogP contribution in [0, 0.1) is 17.3 Å². The second-order valence-electron chi connectivity index (χ2n) is 8.44. The molecule has 0 spiro atoms. The topological polar surface area (TPSA) is 65.0 Å². The molecular weight excluding hydrogens is 368 g/mol. The Labute approximate surface area is 173 Å². The highest BCUT2D eigenvalue weighted by Crippen LogP contribution is 2.40. The van der Waals surface area contributed by atoms with Crippen LogP contribution in [-0.4, -0.2) is 37.5 Å². The lowest BCUT2D eigenvalue weighted by atomic mass is 9.72. The van der Waals surface area contributed by atoms with Gasteiger partial charge in [0.2, 0.25) is 0 Å². The van der Waals surface area contributed by atoms with Crippen LogP contribution < -0.4 is 4.74 Å². The minimum Gasteiger partial charge on any atom is -0.512 e. The van der Waals surface area contributed by atoms with Gasteiger partial charge in [-0.1, -0.05) is 37.8 Å². The van der Waals surface area contributed by atoms with Crippen LogP contribution in [-0.2, 0) is 14.3 Å². The van der Waals surface area contributed by atoms with Crippen LogP contribution in [0.4, 0.5) is 0 Å². The van der Waals surface area contributed by atoms with E-state index in [2.05, 4.69) is 11.8 Å². The first-order valence-corrected chi connectivity index (χ1v) is 10.2. The molecule has 5 nitrogen and oxygen atoms in total. The summed E-state index contributed by atoms with van der Waals surface area (Å²) in [7, 11) is 1.61. The molecule has 156 valence electrons. The van der Waals surface area contributed by atoms with Gasteiger partial charge >= 0.3 is 0 Å². The molecule has 0 amide bonds. The molecule has 1 aliphatic heterocycles. The molecule has 1 aromatic carbocycles. The number of Topliss-reactive ketones (excluding diaryl/α,β-unsaturated/α-hetero) is 1. The third-order valence-corrected chi connectivity index (χ3v) is 5.36. The molecule has 1 aliphatic carbocycles. The third-order valence-electron chi connectivity index (χ3n) is 5.36. The van der Waals surface area contributed by atoms with Gasteiger partial charge in [-0.2, -0.15) is 0 Å².